The number of amides is 1. The zero-order valence-electron chi connectivity index (χ0n) is 19.2. The Morgan fingerprint density at radius 2 is 1.45 bits per heavy atom. The number of phenols is 1. The first kappa shape index (κ1) is 24.3. The van der Waals surface area contributed by atoms with E-state index in [0.29, 0.717) is 0 Å². The maximum absolute atomic E-state index is 12.2. The third-order valence-corrected chi connectivity index (χ3v) is 5.03. The second kappa shape index (κ2) is 9.41. The van der Waals surface area contributed by atoms with Crippen molar-refractivity contribution in [1.82, 2.24) is 5.32 Å². The number of alkyl carbamates (subject to hydrolysis) is 1. The Morgan fingerprint density at radius 1 is 0.935 bits per heavy atom. The summed E-state index contributed by atoms with van der Waals surface area (Å²) >= 11 is 0. The fraction of sp³-hybridized carbons (Fsp3) is 0.440. The van der Waals surface area contributed by atoms with Gasteiger partial charge in [-0.15, -0.1) is 0 Å². The van der Waals surface area contributed by atoms with Gasteiger partial charge >= 0.3 is 12.1 Å². The van der Waals surface area contributed by atoms with E-state index in [-0.39, 0.29) is 29.6 Å². The molecule has 2 aromatic carbocycles. The molecule has 168 valence electrons. The summed E-state index contributed by atoms with van der Waals surface area (Å²) in [6.45, 7) is 12.0. The molecule has 2 aromatic rings. The van der Waals surface area contributed by atoms with Crippen molar-refractivity contribution in [3.63, 3.8) is 0 Å². The Labute approximate surface area is 184 Å². The van der Waals surface area contributed by atoms with Crippen LogP contribution in [0.1, 0.15) is 63.8 Å². The smallest absolute Gasteiger partial charge is 0.408 e. The van der Waals surface area contributed by atoms with Gasteiger partial charge in [0.25, 0.3) is 0 Å². The molecule has 2 rings (SSSR count). The van der Waals surface area contributed by atoms with E-state index < -0.39 is 18.1 Å². The van der Waals surface area contributed by atoms with Crippen LogP contribution in [0.2, 0.25) is 0 Å². The number of ether oxygens (including phenoxy) is 1. The molecule has 3 N–H and O–H groups in total. The summed E-state index contributed by atoms with van der Waals surface area (Å²) in [6.07, 6.45) is -0.718. The van der Waals surface area contributed by atoms with Crippen molar-refractivity contribution >= 4 is 12.1 Å². The maximum atomic E-state index is 12.2. The fourth-order valence-corrected chi connectivity index (χ4v) is 3.30. The highest BCUT2D eigenvalue weighted by molar-refractivity contribution is 5.80. The van der Waals surface area contributed by atoms with Crippen LogP contribution in [0.3, 0.4) is 0 Å². The molecule has 1 amide bonds. The largest absolute Gasteiger partial charge is 0.507 e. The van der Waals surface area contributed by atoms with E-state index in [1.165, 1.54) is 0 Å². The molecule has 0 bridgehead atoms. The quantitative estimate of drug-likeness (QED) is 0.609. The summed E-state index contributed by atoms with van der Waals surface area (Å²) in [5, 5.41) is 23.0. The average Bonchev–Trinajstić information content (AvgIpc) is 2.66. The minimum Gasteiger partial charge on any atom is -0.507 e. The van der Waals surface area contributed by atoms with Gasteiger partial charge in [-0.05, 0) is 33.1 Å². The molecule has 31 heavy (non-hydrogen) atoms. The van der Waals surface area contributed by atoms with E-state index in [2.05, 4.69) is 5.32 Å². The van der Waals surface area contributed by atoms with Crippen LogP contribution in [-0.4, -0.2) is 28.3 Å². The highest BCUT2D eigenvalue weighted by Gasteiger charge is 2.28. The number of aromatic hydroxyl groups is 1. The van der Waals surface area contributed by atoms with E-state index in [0.717, 1.165) is 22.3 Å². The monoisotopic (exact) mass is 427 g/mol. The molecule has 1 unspecified atom stereocenters. The van der Waals surface area contributed by atoms with Gasteiger partial charge in [-0.3, -0.25) is 0 Å². The minimum atomic E-state index is -1.16. The van der Waals surface area contributed by atoms with Crippen molar-refractivity contribution in [3.8, 4) is 5.75 Å². The van der Waals surface area contributed by atoms with Gasteiger partial charge in [0.2, 0.25) is 0 Å². The Morgan fingerprint density at radius 3 is 1.90 bits per heavy atom. The van der Waals surface area contributed by atoms with Gasteiger partial charge in [0.15, 0.2) is 0 Å². The standard InChI is InChI=1S/C25H33NO5/c1-24(2,3)18-12-17(13-19(21(18)27)25(4,5)6)14-20(22(28)29)26-23(30)31-15-16-10-8-7-9-11-16/h7-13,20,27H,14-15H2,1-6H3,(H,26,30)(H,28,29). The fourth-order valence-electron chi connectivity index (χ4n) is 3.30. The van der Waals surface area contributed by atoms with Gasteiger partial charge in [0.1, 0.15) is 18.4 Å². The zero-order chi connectivity index (χ0) is 23.4. The number of benzene rings is 2. The number of nitrogens with one attached hydrogen (secondary N) is 1. The van der Waals surface area contributed by atoms with Crippen LogP contribution < -0.4 is 5.32 Å². The molecule has 0 heterocycles. The van der Waals surface area contributed by atoms with Gasteiger partial charge in [-0.25, -0.2) is 9.59 Å². The number of rotatable bonds is 6. The summed E-state index contributed by atoms with van der Waals surface area (Å²) in [6, 6.07) is 11.6. The van der Waals surface area contributed by atoms with E-state index >= 15 is 0 Å². The lowest BCUT2D eigenvalue weighted by atomic mass is 9.78. The van der Waals surface area contributed by atoms with E-state index in [1.807, 2.05) is 84.0 Å². The number of phenolic OH excluding ortho intramolecular Hbond substituents is 1. The van der Waals surface area contributed by atoms with Gasteiger partial charge in [-0.1, -0.05) is 84.0 Å². The third-order valence-electron chi connectivity index (χ3n) is 5.03. The lowest BCUT2D eigenvalue weighted by Gasteiger charge is -2.28. The van der Waals surface area contributed by atoms with Crippen LogP contribution in [0.5, 0.6) is 5.75 Å². The van der Waals surface area contributed by atoms with Crippen molar-refractivity contribution in [2.24, 2.45) is 0 Å². The van der Waals surface area contributed by atoms with Gasteiger partial charge in [0.05, 0.1) is 0 Å². The maximum Gasteiger partial charge on any atom is 0.408 e. The Kier molecular flexibility index (Phi) is 7.37. The van der Waals surface area contributed by atoms with Crippen molar-refractivity contribution in [2.45, 2.75) is 71.4 Å². The third kappa shape index (κ3) is 6.74. The van der Waals surface area contributed by atoms with Gasteiger partial charge < -0.3 is 20.3 Å². The minimum absolute atomic E-state index is 0.0561. The van der Waals surface area contributed by atoms with Crippen molar-refractivity contribution in [2.75, 3.05) is 0 Å². The highest BCUT2D eigenvalue weighted by Crippen LogP contribution is 2.40. The second-order valence-electron chi connectivity index (χ2n) is 9.84. The molecule has 0 aliphatic rings. The molecular formula is C25H33NO5. The van der Waals surface area contributed by atoms with Crippen LogP contribution in [0.4, 0.5) is 4.79 Å². The van der Waals surface area contributed by atoms with Crippen molar-refractivity contribution < 1.29 is 24.5 Å². The van der Waals surface area contributed by atoms with Gasteiger partial charge in [0, 0.05) is 6.42 Å². The first-order valence-electron chi connectivity index (χ1n) is 10.4. The Bertz CT molecular complexity index is 888. The lowest BCUT2D eigenvalue weighted by molar-refractivity contribution is -0.139. The molecule has 1 atom stereocenters. The normalized spacial score (nSPS) is 12.8. The number of aliphatic carboxylic acids is 1. The summed E-state index contributed by atoms with van der Waals surface area (Å²) in [7, 11) is 0. The number of carbonyl (C=O) groups excluding carboxylic acids is 1. The SMILES string of the molecule is CC(C)(C)c1cc(CC(NC(=O)OCc2ccccc2)C(=O)O)cc(C(C)(C)C)c1O. The molecule has 0 aliphatic carbocycles. The number of carbonyl (C=O) groups is 2. The van der Waals surface area contributed by atoms with Crippen LogP contribution in [0, 0.1) is 0 Å². The van der Waals surface area contributed by atoms with E-state index in [9.17, 15) is 19.8 Å². The summed E-state index contributed by atoms with van der Waals surface area (Å²) < 4.78 is 5.17. The predicted octanol–water partition coefficient (Wildman–Crippen LogP) is 4.91. The first-order chi connectivity index (χ1) is 14.3. The number of carboxylic acid groups (broad SMARTS) is 1. The molecule has 0 radical (unpaired) electrons. The summed E-state index contributed by atoms with van der Waals surface area (Å²) in [5.74, 6) is -0.926. The molecule has 6 heteroatoms. The van der Waals surface area contributed by atoms with Crippen LogP contribution >= 0.6 is 0 Å². The van der Waals surface area contributed by atoms with Crippen molar-refractivity contribution in [1.29, 1.82) is 0 Å². The second-order valence-corrected chi connectivity index (χ2v) is 9.84. The highest BCUT2D eigenvalue weighted by atomic mass is 16.5. The van der Waals surface area contributed by atoms with Crippen LogP contribution in [0.15, 0.2) is 42.5 Å². The average molecular weight is 428 g/mol. The zero-order valence-corrected chi connectivity index (χ0v) is 19.2. The number of hydrogen-bond acceptors (Lipinski definition) is 4. The van der Waals surface area contributed by atoms with Crippen LogP contribution in [0.25, 0.3) is 0 Å². The summed E-state index contributed by atoms with van der Waals surface area (Å²) in [5.41, 5.74) is 2.36. The molecule has 0 aromatic heterocycles. The predicted molar refractivity (Wildman–Crippen MR) is 120 cm³/mol. The molecule has 6 nitrogen and oxygen atoms in total. The van der Waals surface area contributed by atoms with E-state index in [4.69, 9.17) is 4.74 Å². The molecule has 0 fully saturated rings. The van der Waals surface area contributed by atoms with E-state index in [1.54, 1.807) is 0 Å². The molecule has 0 spiro atoms. The van der Waals surface area contributed by atoms with Gasteiger partial charge in [-0.2, -0.15) is 0 Å². The molecular weight excluding hydrogens is 394 g/mol. The first-order valence-corrected chi connectivity index (χ1v) is 10.4. The van der Waals surface area contributed by atoms with Crippen molar-refractivity contribution in [3.05, 3.63) is 64.7 Å². The lowest BCUT2D eigenvalue weighted by Crippen LogP contribution is -2.42. The molecule has 0 saturated heterocycles. The molecule has 0 aliphatic heterocycles. The number of carboxylic acids is 1. The Balaban J connectivity index is 2.24. The molecule has 0 saturated carbocycles. The summed E-state index contributed by atoms with van der Waals surface area (Å²) in [4.78, 5) is 24.0. The Hall–Kier alpha value is -3.02. The van der Waals surface area contributed by atoms with Crippen LogP contribution in [-0.2, 0) is 33.4 Å². The number of hydrogen-bond donors (Lipinski definition) is 3. The topological polar surface area (TPSA) is 95.9 Å².